The van der Waals surface area contributed by atoms with Gasteiger partial charge in [-0.05, 0) is 46.9 Å². The smallest absolute Gasteiger partial charge is 0.321 e. The molecule has 2 aliphatic rings. The van der Waals surface area contributed by atoms with Crippen LogP contribution in [0.4, 0.5) is 27.6 Å². The molecule has 1 fully saturated rings. The SMILES string of the molecule is C[C@H](Cc1nncn1C)c1cccc(N2Cc3c(cc(CN4CC(F)(F)C4)cc3C(F)(F)F)C2=O)c1. The van der Waals surface area contributed by atoms with Crippen molar-refractivity contribution in [2.24, 2.45) is 7.05 Å². The Bertz CT molecular complexity index is 1310. The molecule has 3 heterocycles. The van der Waals surface area contributed by atoms with E-state index in [4.69, 9.17) is 0 Å². The molecule has 1 amide bonds. The Hall–Kier alpha value is -3.34. The maximum absolute atomic E-state index is 13.9. The van der Waals surface area contributed by atoms with Crippen molar-refractivity contribution in [3.8, 4) is 0 Å². The molecule has 0 radical (unpaired) electrons. The Morgan fingerprint density at radius 1 is 1.14 bits per heavy atom. The van der Waals surface area contributed by atoms with Crippen molar-refractivity contribution < 1.29 is 26.7 Å². The first kappa shape index (κ1) is 24.4. The van der Waals surface area contributed by atoms with Crippen molar-refractivity contribution >= 4 is 11.6 Å². The molecule has 0 spiro atoms. The third-order valence-electron chi connectivity index (χ3n) is 6.77. The summed E-state index contributed by atoms with van der Waals surface area (Å²) in [5.41, 5.74) is 0.570. The van der Waals surface area contributed by atoms with Gasteiger partial charge >= 0.3 is 6.18 Å². The summed E-state index contributed by atoms with van der Waals surface area (Å²) in [5.74, 6) is -2.55. The van der Waals surface area contributed by atoms with Crippen molar-refractivity contribution in [2.75, 3.05) is 18.0 Å². The highest BCUT2D eigenvalue weighted by Crippen LogP contribution is 2.40. The minimum absolute atomic E-state index is 0.0277. The minimum Gasteiger partial charge on any atom is -0.321 e. The van der Waals surface area contributed by atoms with Gasteiger partial charge in [-0.15, -0.1) is 10.2 Å². The summed E-state index contributed by atoms with van der Waals surface area (Å²) in [5, 5.41) is 7.98. The fraction of sp³-hybridized carbons (Fsp3) is 0.400. The number of aryl methyl sites for hydroxylation is 1. The summed E-state index contributed by atoms with van der Waals surface area (Å²) in [6.07, 6.45) is -2.47. The molecule has 1 saturated heterocycles. The number of carbonyl (C=O) groups excluding carboxylic acids is 1. The Kier molecular flexibility index (Phi) is 5.85. The van der Waals surface area contributed by atoms with Gasteiger partial charge in [0.05, 0.1) is 25.2 Å². The van der Waals surface area contributed by atoms with E-state index in [2.05, 4.69) is 10.2 Å². The monoisotopic (exact) mass is 505 g/mol. The molecule has 2 aliphatic heterocycles. The number of fused-ring (bicyclic) bond motifs is 1. The van der Waals surface area contributed by atoms with Crippen LogP contribution in [-0.2, 0) is 32.7 Å². The summed E-state index contributed by atoms with van der Waals surface area (Å²) in [6.45, 7) is 0.692. The lowest BCUT2D eigenvalue weighted by molar-refractivity contribution is -0.139. The Labute approximate surface area is 204 Å². The summed E-state index contributed by atoms with van der Waals surface area (Å²) in [7, 11) is 1.85. The zero-order valence-electron chi connectivity index (χ0n) is 19.7. The van der Waals surface area contributed by atoms with Gasteiger partial charge in [-0.2, -0.15) is 13.2 Å². The molecule has 1 atom stereocenters. The summed E-state index contributed by atoms with van der Waals surface area (Å²) in [4.78, 5) is 16.0. The third-order valence-corrected chi connectivity index (χ3v) is 6.77. The van der Waals surface area contributed by atoms with Gasteiger partial charge in [-0.1, -0.05) is 19.1 Å². The van der Waals surface area contributed by atoms with Crippen LogP contribution in [-0.4, -0.2) is 44.6 Å². The van der Waals surface area contributed by atoms with Gasteiger partial charge in [-0.25, -0.2) is 8.78 Å². The van der Waals surface area contributed by atoms with Crippen LogP contribution < -0.4 is 4.90 Å². The van der Waals surface area contributed by atoms with Gasteiger partial charge < -0.3 is 9.47 Å². The molecule has 190 valence electrons. The van der Waals surface area contributed by atoms with Crippen molar-refractivity contribution in [3.63, 3.8) is 0 Å². The number of amides is 1. The number of alkyl halides is 5. The molecule has 0 unspecified atom stereocenters. The highest BCUT2D eigenvalue weighted by atomic mass is 19.4. The zero-order valence-corrected chi connectivity index (χ0v) is 19.7. The molecular weight excluding hydrogens is 481 g/mol. The molecule has 5 rings (SSSR count). The van der Waals surface area contributed by atoms with Crippen LogP contribution in [0.3, 0.4) is 0 Å². The molecular formula is C25H24F5N5O. The Morgan fingerprint density at radius 3 is 2.53 bits per heavy atom. The molecule has 6 nitrogen and oxygen atoms in total. The first-order valence-corrected chi connectivity index (χ1v) is 11.5. The van der Waals surface area contributed by atoms with Crippen LogP contribution in [0.1, 0.15) is 51.3 Å². The van der Waals surface area contributed by atoms with Gasteiger partial charge in [0.15, 0.2) is 0 Å². The van der Waals surface area contributed by atoms with Crippen LogP contribution >= 0.6 is 0 Å². The largest absolute Gasteiger partial charge is 0.416 e. The predicted octanol–water partition coefficient (Wildman–Crippen LogP) is 4.79. The number of aromatic nitrogens is 3. The molecule has 2 aromatic carbocycles. The van der Waals surface area contributed by atoms with Crippen LogP contribution in [0.15, 0.2) is 42.7 Å². The molecule has 0 bridgehead atoms. The molecule has 36 heavy (non-hydrogen) atoms. The number of anilines is 1. The van der Waals surface area contributed by atoms with Crippen molar-refractivity contribution in [1.82, 2.24) is 19.7 Å². The molecule has 0 N–H and O–H groups in total. The van der Waals surface area contributed by atoms with E-state index in [-0.39, 0.29) is 35.7 Å². The number of rotatable bonds is 6. The molecule has 11 heteroatoms. The molecule has 0 aliphatic carbocycles. The van der Waals surface area contributed by atoms with E-state index in [1.807, 2.05) is 24.6 Å². The fourth-order valence-electron chi connectivity index (χ4n) is 4.88. The van der Waals surface area contributed by atoms with E-state index in [1.54, 1.807) is 24.5 Å². The van der Waals surface area contributed by atoms with Crippen LogP contribution in [0.25, 0.3) is 0 Å². The number of carbonyl (C=O) groups is 1. The highest BCUT2D eigenvalue weighted by molar-refractivity contribution is 6.10. The Balaban J connectivity index is 1.42. The van der Waals surface area contributed by atoms with Crippen LogP contribution in [0.5, 0.6) is 0 Å². The van der Waals surface area contributed by atoms with Crippen molar-refractivity contribution in [1.29, 1.82) is 0 Å². The van der Waals surface area contributed by atoms with Crippen molar-refractivity contribution in [3.05, 3.63) is 76.4 Å². The molecule has 0 saturated carbocycles. The van der Waals surface area contributed by atoms with E-state index in [0.717, 1.165) is 17.5 Å². The molecule has 1 aromatic heterocycles. The lowest BCUT2D eigenvalue weighted by Crippen LogP contribution is -2.55. The lowest BCUT2D eigenvalue weighted by Gasteiger charge is -2.38. The normalized spacial score (nSPS) is 18.3. The summed E-state index contributed by atoms with van der Waals surface area (Å²) in [6, 6.07) is 9.56. The van der Waals surface area contributed by atoms with Crippen molar-refractivity contribution in [2.45, 2.75) is 44.5 Å². The van der Waals surface area contributed by atoms with Gasteiger partial charge in [0.25, 0.3) is 11.8 Å². The standard InChI is InChI=1S/C25H24F5N5O/c1-15(6-22-32-31-14-33(22)2)17-4-3-5-18(9-17)35-11-20-19(23(35)36)7-16(8-21(20)25(28,29)30)10-34-12-24(26,27)13-34/h3-5,7-9,14-15H,6,10-13H2,1-2H3/t15-/m1/s1. The number of hydrogen-bond donors (Lipinski definition) is 0. The second-order valence-corrected chi connectivity index (χ2v) is 9.62. The second kappa shape index (κ2) is 8.65. The topological polar surface area (TPSA) is 54.3 Å². The molecule has 3 aromatic rings. The maximum atomic E-state index is 13.9. The predicted molar refractivity (Wildman–Crippen MR) is 122 cm³/mol. The number of halogens is 5. The van der Waals surface area contributed by atoms with Gasteiger partial charge in [0.1, 0.15) is 12.2 Å². The van der Waals surface area contributed by atoms with E-state index in [1.165, 1.54) is 15.9 Å². The number of nitrogens with zero attached hydrogens (tertiary/aromatic N) is 5. The summed E-state index contributed by atoms with van der Waals surface area (Å²) >= 11 is 0. The second-order valence-electron chi connectivity index (χ2n) is 9.62. The Morgan fingerprint density at radius 2 is 1.89 bits per heavy atom. The maximum Gasteiger partial charge on any atom is 0.416 e. The average molecular weight is 505 g/mol. The first-order chi connectivity index (χ1) is 16.9. The quantitative estimate of drug-likeness (QED) is 0.452. The highest BCUT2D eigenvalue weighted by Gasteiger charge is 2.45. The number of hydrogen-bond acceptors (Lipinski definition) is 4. The first-order valence-electron chi connectivity index (χ1n) is 11.5. The minimum atomic E-state index is -4.68. The average Bonchev–Trinajstić information content (AvgIpc) is 3.34. The van der Waals surface area contributed by atoms with Crippen LogP contribution in [0.2, 0.25) is 0 Å². The lowest BCUT2D eigenvalue weighted by atomic mass is 9.97. The van der Waals surface area contributed by atoms with E-state index >= 15 is 0 Å². The van der Waals surface area contributed by atoms with Gasteiger partial charge in [0, 0.05) is 31.3 Å². The summed E-state index contributed by atoms with van der Waals surface area (Å²) < 4.78 is 70.1. The van der Waals surface area contributed by atoms with Crippen LogP contribution in [0, 0.1) is 0 Å². The number of benzene rings is 2. The van der Waals surface area contributed by atoms with E-state index in [0.29, 0.717) is 12.1 Å². The zero-order chi connectivity index (χ0) is 25.8. The third kappa shape index (κ3) is 4.59. The number of likely N-dealkylation sites (tertiary alicyclic amines) is 1. The fourth-order valence-corrected chi connectivity index (χ4v) is 4.88. The van der Waals surface area contributed by atoms with E-state index in [9.17, 15) is 26.7 Å². The van der Waals surface area contributed by atoms with Gasteiger partial charge in [-0.3, -0.25) is 9.69 Å². The van der Waals surface area contributed by atoms with Gasteiger partial charge in [0.2, 0.25) is 0 Å². The van der Waals surface area contributed by atoms with E-state index < -0.39 is 36.7 Å².